The summed E-state index contributed by atoms with van der Waals surface area (Å²) < 4.78 is 5.84. The van der Waals surface area contributed by atoms with Crippen LogP contribution in [0.25, 0.3) is 0 Å². The number of benzene rings is 1. The molecule has 2 rings (SSSR count). The fourth-order valence-corrected chi connectivity index (χ4v) is 3.28. The third-order valence-electron chi connectivity index (χ3n) is 4.62. The van der Waals surface area contributed by atoms with Crippen LogP contribution in [0.15, 0.2) is 24.3 Å². The van der Waals surface area contributed by atoms with E-state index < -0.39 is 0 Å². The van der Waals surface area contributed by atoms with Gasteiger partial charge in [0.2, 0.25) is 0 Å². The lowest BCUT2D eigenvalue weighted by molar-refractivity contribution is -0.0174. The van der Waals surface area contributed by atoms with Crippen molar-refractivity contribution in [2.24, 2.45) is 23.5 Å². The van der Waals surface area contributed by atoms with Crippen LogP contribution >= 0.6 is 0 Å². The number of esters is 1. The first kappa shape index (κ1) is 16.0. The maximum atomic E-state index is 12.4. The standard InChI is InChI=1S/C18H27NO2/c1-12(2)16-8-7-13(3)9-17(16)21-18(20)15-6-4-5-14(10-15)11-19/h4-6,10,12-13,16-17H,7-9,11,19H2,1-3H3. The van der Waals surface area contributed by atoms with Crippen molar-refractivity contribution in [1.82, 2.24) is 0 Å². The minimum atomic E-state index is -0.213. The highest BCUT2D eigenvalue weighted by molar-refractivity contribution is 5.89. The summed E-state index contributed by atoms with van der Waals surface area (Å²) >= 11 is 0. The van der Waals surface area contributed by atoms with Crippen LogP contribution in [0.4, 0.5) is 0 Å². The molecule has 0 heterocycles. The Hall–Kier alpha value is -1.35. The van der Waals surface area contributed by atoms with Crippen molar-refractivity contribution in [3.63, 3.8) is 0 Å². The second kappa shape index (κ2) is 7.08. The molecule has 1 aliphatic carbocycles. The van der Waals surface area contributed by atoms with Gasteiger partial charge in [0.1, 0.15) is 6.10 Å². The third-order valence-corrected chi connectivity index (χ3v) is 4.62. The van der Waals surface area contributed by atoms with Gasteiger partial charge in [-0.25, -0.2) is 4.79 Å². The van der Waals surface area contributed by atoms with Gasteiger partial charge >= 0.3 is 5.97 Å². The zero-order valence-corrected chi connectivity index (χ0v) is 13.3. The first-order valence-electron chi connectivity index (χ1n) is 8.01. The van der Waals surface area contributed by atoms with Gasteiger partial charge in [0.05, 0.1) is 5.56 Å². The molecule has 2 N–H and O–H groups in total. The van der Waals surface area contributed by atoms with E-state index in [2.05, 4.69) is 20.8 Å². The molecule has 1 saturated carbocycles. The van der Waals surface area contributed by atoms with E-state index in [1.54, 1.807) is 6.07 Å². The Balaban J connectivity index is 2.08. The zero-order chi connectivity index (χ0) is 15.4. The average Bonchev–Trinajstić information content (AvgIpc) is 2.47. The number of hydrogen-bond donors (Lipinski definition) is 1. The van der Waals surface area contributed by atoms with Gasteiger partial charge in [0.15, 0.2) is 0 Å². The number of ether oxygens (including phenoxy) is 1. The van der Waals surface area contributed by atoms with E-state index in [1.807, 2.05) is 18.2 Å². The van der Waals surface area contributed by atoms with Crippen molar-refractivity contribution in [3.8, 4) is 0 Å². The Kier molecular flexibility index (Phi) is 5.40. The van der Waals surface area contributed by atoms with Crippen molar-refractivity contribution in [2.45, 2.75) is 52.7 Å². The molecule has 3 heteroatoms. The first-order valence-corrected chi connectivity index (χ1v) is 8.01. The summed E-state index contributed by atoms with van der Waals surface area (Å²) in [6.45, 7) is 7.12. The van der Waals surface area contributed by atoms with Gasteiger partial charge < -0.3 is 10.5 Å². The van der Waals surface area contributed by atoms with E-state index in [0.29, 0.717) is 29.9 Å². The van der Waals surface area contributed by atoms with Crippen molar-refractivity contribution >= 4 is 5.97 Å². The molecular weight excluding hydrogens is 262 g/mol. The minimum Gasteiger partial charge on any atom is -0.458 e. The molecule has 1 aromatic carbocycles. The van der Waals surface area contributed by atoms with Crippen LogP contribution in [0.5, 0.6) is 0 Å². The van der Waals surface area contributed by atoms with Crippen LogP contribution in [-0.4, -0.2) is 12.1 Å². The maximum Gasteiger partial charge on any atom is 0.338 e. The smallest absolute Gasteiger partial charge is 0.338 e. The molecule has 3 nitrogen and oxygen atoms in total. The van der Waals surface area contributed by atoms with Crippen molar-refractivity contribution in [2.75, 3.05) is 0 Å². The summed E-state index contributed by atoms with van der Waals surface area (Å²) in [5, 5.41) is 0. The van der Waals surface area contributed by atoms with Gasteiger partial charge in [-0.2, -0.15) is 0 Å². The van der Waals surface area contributed by atoms with Gasteiger partial charge in [-0.3, -0.25) is 0 Å². The fourth-order valence-electron chi connectivity index (χ4n) is 3.28. The third kappa shape index (κ3) is 4.07. The predicted octanol–water partition coefficient (Wildman–Crippen LogP) is 3.76. The van der Waals surface area contributed by atoms with Crippen LogP contribution < -0.4 is 5.73 Å². The molecular formula is C18H27NO2. The molecule has 0 amide bonds. The van der Waals surface area contributed by atoms with Crippen LogP contribution in [0, 0.1) is 17.8 Å². The van der Waals surface area contributed by atoms with Crippen molar-refractivity contribution in [3.05, 3.63) is 35.4 Å². The van der Waals surface area contributed by atoms with E-state index in [4.69, 9.17) is 10.5 Å². The molecule has 1 aliphatic rings. The van der Waals surface area contributed by atoms with E-state index in [1.165, 1.54) is 6.42 Å². The Morgan fingerprint density at radius 1 is 1.38 bits per heavy atom. The van der Waals surface area contributed by atoms with E-state index in [-0.39, 0.29) is 12.1 Å². The highest BCUT2D eigenvalue weighted by Gasteiger charge is 2.33. The SMILES string of the molecule is CC1CCC(C(C)C)C(OC(=O)c2cccc(CN)c2)C1. The molecule has 116 valence electrons. The second-order valence-corrected chi connectivity index (χ2v) is 6.67. The average molecular weight is 289 g/mol. The number of rotatable bonds is 4. The molecule has 0 radical (unpaired) electrons. The van der Waals surface area contributed by atoms with Crippen LogP contribution in [0.3, 0.4) is 0 Å². The first-order chi connectivity index (χ1) is 10.0. The van der Waals surface area contributed by atoms with E-state index in [0.717, 1.165) is 18.4 Å². The number of hydrogen-bond acceptors (Lipinski definition) is 3. The molecule has 0 saturated heterocycles. The lowest BCUT2D eigenvalue weighted by atomic mass is 9.75. The summed E-state index contributed by atoms with van der Waals surface area (Å²) in [6.07, 6.45) is 3.41. The lowest BCUT2D eigenvalue weighted by Gasteiger charge is -2.36. The molecule has 0 bridgehead atoms. The van der Waals surface area contributed by atoms with Crippen molar-refractivity contribution in [1.29, 1.82) is 0 Å². The Morgan fingerprint density at radius 2 is 2.14 bits per heavy atom. The molecule has 0 aliphatic heterocycles. The van der Waals surface area contributed by atoms with Crippen LogP contribution in [0.1, 0.15) is 56.0 Å². The summed E-state index contributed by atoms with van der Waals surface area (Å²) in [7, 11) is 0. The molecule has 0 aromatic heterocycles. The largest absolute Gasteiger partial charge is 0.458 e. The molecule has 3 atom stereocenters. The molecule has 1 aromatic rings. The summed E-state index contributed by atoms with van der Waals surface area (Å²) in [5.41, 5.74) is 7.20. The summed E-state index contributed by atoms with van der Waals surface area (Å²) in [6, 6.07) is 7.43. The van der Waals surface area contributed by atoms with Crippen LogP contribution in [0.2, 0.25) is 0 Å². The predicted molar refractivity (Wildman–Crippen MR) is 84.9 cm³/mol. The number of carbonyl (C=O) groups excluding carboxylic acids is 1. The normalized spacial score (nSPS) is 25.9. The van der Waals surface area contributed by atoms with E-state index in [9.17, 15) is 4.79 Å². The quantitative estimate of drug-likeness (QED) is 0.859. The Bertz CT molecular complexity index is 484. The fraction of sp³-hybridized carbons (Fsp3) is 0.611. The molecule has 3 unspecified atom stereocenters. The Morgan fingerprint density at radius 3 is 2.81 bits per heavy atom. The molecule has 21 heavy (non-hydrogen) atoms. The number of carbonyl (C=O) groups is 1. The van der Waals surface area contributed by atoms with Gasteiger partial charge in [0.25, 0.3) is 0 Å². The monoisotopic (exact) mass is 289 g/mol. The van der Waals surface area contributed by atoms with Gasteiger partial charge in [-0.1, -0.05) is 39.3 Å². The maximum absolute atomic E-state index is 12.4. The lowest BCUT2D eigenvalue weighted by Crippen LogP contribution is -2.35. The Labute approximate surface area is 127 Å². The summed E-state index contributed by atoms with van der Waals surface area (Å²) in [5.74, 6) is 1.44. The second-order valence-electron chi connectivity index (χ2n) is 6.67. The molecule has 0 spiro atoms. The number of nitrogens with two attached hydrogens (primary N) is 1. The highest BCUT2D eigenvalue weighted by Crippen LogP contribution is 2.35. The topological polar surface area (TPSA) is 52.3 Å². The summed E-state index contributed by atoms with van der Waals surface area (Å²) in [4.78, 5) is 12.4. The highest BCUT2D eigenvalue weighted by atomic mass is 16.5. The van der Waals surface area contributed by atoms with Gasteiger partial charge in [0, 0.05) is 6.54 Å². The van der Waals surface area contributed by atoms with E-state index >= 15 is 0 Å². The minimum absolute atomic E-state index is 0.0442. The van der Waals surface area contributed by atoms with Crippen LogP contribution in [-0.2, 0) is 11.3 Å². The van der Waals surface area contributed by atoms with Crippen molar-refractivity contribution < 1.29 is 9.53 Å². The zero-order valence-electron chi connectivity index (χ0n) is 13.3. The molecule has 1 fully saturated rings. The van der Waals surface area contributed by atoms with Gasteiger partial charge in [-0.05, 0) is 48.3 Å². The van der Waals surface area contributed by atoms with Gasteiger partial charge in [-0.15, -0.1) is 0 Å².